The zero-order valence-electron chi connectivity index (χ0n) is 12.5. The van der Waals surface area contributed by atoms with E-state index in [0.29, 0.717) is 12.3 Å². The Labute approximate surface area is 129 Å². The van der Waals surface area contributed by atoms with E-state index in [9.17, 15) is 17.8 Å². The second-order valence-corrected chi connectivity index (χ2v) is 5.31. The van der Waals surface area contributed by atoms with Gasteiger partial charge in [-0.1, -0.05) is 18.2 Å². The van der Waals surface area contributed by atoms with E-state index in [-0.39, 0.29) is 5.97 Å². The summed E-state index contributed by atoms with van der Waals surface area (Å²) in [6.07, 6.45) is 1.87. The molecular formula is C14H17NO6S. The Balaban J connectivity index is 0.000000346. The van der Waals surface area contributed by atoms with Crippen molar-refractivity contribution in [3.8, 4) is 0 Å². The molecule has 2 aromatic rings. The lowest BCUT2D eigenvalue weighted by molar-refractivity contribution is -0.672. The van der Waals surface area contributed by atoms with Gasteiger partial charge in [-0.25, -0.2) is 13.2 Å². The number of aromatic nitrogens is 1. The van der Waals surface area contributed by atoms with Gasteiger partial charge in [0.15, 0.2) is 6.20 Å². The van der Waals surface area contributed by atoms with Crippen LogP contribution in [-0.2, 0) is 26.4 Å². The van der Waals surface area contributed by atoms with Crippen molar-refractivity contribution in [3.05, 3.63) is 42.2 Å². The lowest BCUT2D eigenvalue weighted by atomic mass is 10.1. The molecule has 22 heavy (non-hydrogen) atoms. The molecule has 0 N–H and O–H groups in total. The van der Waals surface area contributed by atoms with Gasteiger partial charge in [0, 0.05) is 6.07 Å². The third-order valence-electron chi connectivity index (χ3n) is 2.72. The SMILES string of the molecule is CCOC(=O)c1c2ccccc2cc[n+]1C.COS(=O)(=O)[O-]. The van der Waals surface area contributed by atoms with Gasteiger partial charge in [0.05, 0.1) is 19.1 Å². The second kappa shape index (κ2) is 7.83. The van der Waals surface area contributed by atoms with Crippen LogP contribution >= 0.6 is 0 Å². The first-order valence-electron chi connectivity index (χ1n) is 6.36. The summed E-state index contributed by atoms with van der Waals surface area (Å²) in [5, 5.41) is 1.97. The summed E-state index contributed by atoms with van der Waals surface area (Å²) in [4.78, 5) is 11.8. The van der Waals surface area contributed by atoms with Gasteiger partial charge in [0.1, 0.15) is 7.05 Å². The van der Waals surface area contributed by atoms with E-state index in [1.165, 1.54) is 0 Å². The highest BCUT2D eigenvalue weighted by Crippen LogP contribution is 2.15. The van der Waals surface area contributed by atoms with Gasteiger partial charge < -0.3 is 9.29 Å². The standard InChI is InChI=1S/C13H14NO2.CH4O4S/c1-3-16-13(15)12-11-7-5-4-6-10(11)8-9-14(12)2;1-5-6(2,3)4/h4-9H,3H2,1-2H3;1H3,(H,2,3,4)/q+1;/p-1. The van der Waals surface area contributed by atoms with Gasteiger partial charge in [-0.15, -0.1) is 0 Å². The number of aryl methyl sites for hydroxylation is 1. The molecule has 0 fully saturated rings. The van der Waals surface area contributed by atoms with Gasteiger partial charge in [-0.05, 0) is 18.4 Å². The van der Waals surface area contributed by atoms with Crippen molar-refractivity contribution in [1.82, 2.24) is 0 Å². The number of benzene rings is 1. The maximum absolute atomic E-state index is 11.8. The average molecular weight is 327 g/mol. The zero-order valence-corrected chi connectivity index (χ0v) is 13.3. The van der Waals surface area contributed by atoms with Crippen LogP contribution in [0.1, 0.15) is 17.4 Å². The van der Waals surface area contributed by atoms with E-state index >= 15 is 0 Å². The summed E-state index contributed by atoms with van der Waals surface area (Å²) in [6, 6.07) is 9.78. The van der Waals surface area contributed by atoms with E-state index in [2.05, 4.69) is 4.18 Å². The molecule has 1 aromatic carbocycles. The molecule has 0 unspecified atom stereocenters. The predicted octanol–water partition coefficient (Wildman–Crippen LogP) is 0.934. The quantitative estimate of drug-likeness (QED) is 0.360. The van der Waals surface area contributed by atoms with Crippen molar-refractivity contribution in [3.63, 3.8) is 0 Å². The number of hydrogen-bond acceptors (Lipinski definition) is 6. The van der Waals surface area contributed by atoms with Crippen LogP contribution in [0.15, 0.2) is 36.5 Å². The first-order valence-corrected chi connectivity index (χ1v) is 7.69. The van der Waals surface area contributed by atoms with E-state index in [1.807, 2.05) is 50.5 Å². The predicted molar refractivity (Wildman–Crippen MR) is 77.8 cm³/mol. The molecule has 120 valence electrons. The van der Waals surface area contributed by atoms with Crippen LogP contribution in [0.4, 0.5) is 0 Å². The number of fused-ring (bicyclic) bond motifs is 1. The molecule has 0 saturated carbocycles. The Bertz CT molecular complexity index is 757. The Morgan fingerprint density at radius 3 is 2.41 bits per heavy atom. The van der Waals surface area contributed by atoms with Crippen molar-refractivity contribution >= 4 is 27.1 Å². The van der Waals surface area contributed by atoms with Gasteiger partial charge >= 0.3 is 5.97 Å². The van der Waals surface area contributed by atoms with E-state index in [1.54, 1.807) is 4.57 Å². The Morgan fingerprint density at radius 1 is 1.27 bits per heavy atom. The molecule has 8 heteroatoms. The fourth-order valence-electron chi connectivity index (χ4n) is 1.77. The minimum Gasteiger partial charge on any atom is -0.726 e. The largest absolute Gasteiger partial charge is 0.726 e. The molecule has 0 saturated heterocycles. The summed E-state index contributed by atoms with van der Waals surface area (Å²) in [5.74, 6) is -0.276. The van der Waals surface area contributed by atoms with Crippen LogP contribution < -0.4 is 4.57 Å². The number of ether oxygens (including phenoxy) is 1. The molecule has 1 heterocycles. The van der Waals surface area contributed by atoms with Crippen molar-refractivity contribution < 1.29 is 31.3 Å². The summed E-state index contributed by atoms with van der Waals surface area (Å²) in [6.45, 7) is 2.20. The summed E-state index contributed by atoms with van der Waals surface area (Å²) < 4.78 is 37.9. The number of carbonyl (C=O) groups is 1. The molecule has 0 amide bonds. The number of nitrogens with zero attached hydrogens (tertiary/aromatic N) is 1. The third-order valence-corrected chi connectivity index (χ3v) is 3.13. The number of esters is 1. The number of pyridine rings is 1. The van der Waals surface area contributed by atoms with Crippen molar-refractivity contribution in [2.75, 3.05) is 13.7 Å². The van der Waals surface area contributed by atoms with Gasteiger partial charge in [0.25, 0.3) is 5.69 Å². The molecule has 0 radical (unpaired) electrons. The fraction of sp³-hybridized carbons (Fsp3) is 0.286. The minimum atomic E-state index is -4.41. The van der Waals surface area contributed by atoms with Gasteiger partial charge in [-0.2, -0.15) is 4.57 Å². The number of hydrogen-bond donors (Lipinski definition) is 0. The van der Waals surface area contributed by atoms with E-state index in [4.69, 9.17) is 4.74 Å². The molecule has 1 aromatic heterocycles. The van der Waals surface area contributed by atoms with Crippen LogP contribution in [0.5, 0.6) is 0 Å². The topological polar surface area (TPSA) is 96.6 Å². The molecule has 2 rings (SSSR count). The maximum Gasteiger partial charge on any atom is 0.404 e. The van der Waals surface area contributed by atoms with Crippen molar-refractivity contribution in [2.24, 2.45) is 7.05 Å². The lowest BCUT2D eigenvalue weighted by Gasteiger charge is -2.03. The normalized spacial score (nSPS) is 10.7. The van der Waals surface area contributed by atoms with Gasteiger partial charge in [0.2, 0.25) is 10.4 Å². The van der Waals surface area contributed by atoms with Crippen LogP contribution in [0.2, 0.25) is 0 Å². The summed E-state index contributed by atoms with van der Waals surface area (Å²) >= 11 is 0. The van der Waals surface area contributed by atoms with Crippen LogP contribution in [0.3, 0.4) is 0 Å². The zero-order chi connectivity index (χ0) is 16.8. The molecule has 0 aliphatic carbocycles. The Kier molecular flexibility index (Phi) is 6.41. The Hall–Kier alpha value is -2.03. The molecular weight excluding hydrogens is 310 g/mol. The van der Waals surface area contributed by atoms with E-state index in [0.717, 1.165) is 17.9 Å². The van der Waals surface area contributed by atoms with E-state index < -0.39 is 10.4 Å². The van der Waals surface area contributed by atoms with Gasteiger partial charge in [-0.3, -0.25) is 4.18 Å². The highest BCUT2D eigenvalue weighted by atomic mass is 32.3. The number of rotatable bonds is 3. The van der Waals surface area contributed by atoms with Crippen molar-refractivity contribution in [1.29, 1.82) is 0 Å². The maximum atomic E-state index is 11.8. The minimum absolute atomic E-state index is 0.276. The van der Waals surface area contributed by atoms with Crippen LogP contribution in [-0.4, -0.2) is 32.7 Å². The monoisotopic (exact) mass is 327 g/mol. The highest BCUT2D eigenvalue weighted by Gasteiger charge is 2.21. The summed E-state index contributed by atoms with van der Waals surface area (Å²) in [7, 11) is -1.76. The molecule has 7 nitrogen and oxygen atoms in total. The third kappa shape index (κ3) is 5.06. The highest BCUT2D eigenvalue weighted by molar-refractivity contribution is 7.80. The smallest absolute Gasteiger partial charge is 0.404 e. The lowest BCUT2D eigenvalue weighted by Crippen LogP contribution is -2.36. The summed E-state index contributed by atoms with van der Waals surface area (Å²) in [5.41, 5.74) is 0.597. The molecule has 0 atom stereocenters. The van der Waals surface area contributed by atoms with Crippen molar-refractivity contribution in [2.45, 2.75) is 6.92 Å². The first-order chi connectivity index (χ1) is 10.3. The average Bonchev–Trinajstić information content (AvgIpc) is 2.47. The molecule has 0 bridgehead atoms. The van der Waals surface area contributed by atoms with Crippen LogP contribution in [0, 0.1) is 0 Å². The number of carbonyl (C=O) groups excluding carboxylic acids is 1. The second-order valence-electron chi connectivity index (χ2n) is 4.16. The Morgan fingerprint density at radius 2 is 1.86 bits per heavy atom. The fourth-order valence-corrected chi connectivity index (χ4v) is 1.77. The molecule has 0 aliphatic heterocycles. The molecule has 0 aliphatic rings. The molecule has 0 spiro atoms. The van der Waals surface area contributed by atoms with Crippen LogP contribution in [0.25, 0.3) is 10.8 Å². The first kappa shape index (κ1) is 18.0.